The fraction of sp³-hybridized carbons (Fsp3) is 0.316. The van der Waals surface area contributed by atoms with Crippen LogP contribution in [0, 0.1) is 0 Å². The number of nitrogens with one attached hydrogen (secondary N) is 1. The Bertz CT molecular complexity index is 1820. The second-order valence-electron chi connectivity index (χ2n) is 11.6. The summed E-state index contributed by atoms with van der Waals surface area (Å²) in [5.74, 6) is 0.167. The van der Waals surface area contributed by atoms with Crippen LogP contribution in [0.4, 0.5) is 5.69 Å². The summed E-state index contributed by atoms with van der Waals surface area (Å²) in [7, 11) is -1.52. The molecule has 2 amide bonds. The minimum Gasteiger partial charge on any atom is -0.494 e. The molecule has 0 fully saturated rings. The summed E-state index contributed by atoms with van der Waals surface area (Å²) in [5.41, 5.74) is 1.78. The molecule has 4 rings (SSSR count). The fourth-order valence-corrected chi connectivity index (χ4v) is 6.85. The van der Waals surface area contributed by atoms with Crippen LogP contribution in [0.1, 0.15) is 38.3 Å². The highest BCUT2D eigenvalue weighted by molar-refractivity contribution is 7.92. The summed E-state index contributed by atoms with van der Waals surface area (Å²) in [6, 6.07) is 25.9. The Kier molecular flexibility index (Phi) is 13.5. The number of hydrogen-bond acceptors (Lipinski definition) is 7. The van der Waals surface area contributed by atoms with Gasteiger partial charge in [0.1, 0.15) is 18.3 Å². The quantitative estimate of drug-likeness (QED) is 0.132. The van der Waals surface area contributed by atoms with Crippen molar-refractivity contribution in [3.63, 3.8) is 0 Å². The van der Waals surface area contributed by atoms with Crippen molar-refractivity contribution in [3.8, 4) is 17.2 Å². The van der Waals surface area contributed by atoms with Gasteiger partial charge in [0.15, 0.2) is 11.5 Å². The molecule has 0 saturated carbocycles. The largest absolute Gasteiger partial charge is 0.494 e. The van der Waals surface area contributed by atoms with Crippen LogP contribution in [0.25, 0.3) is 0 Å². The van der Waals surface area contributed by atoms with E-state index in [1.807, 2.05) is 51.1 Å². The number of carbonyl (C=O) groups excluding carboxylic acids is 2. The molecular weight excluding hydrogens is 678 g/mol. The molecule has 0 bridgehead atoms. The van der Waals surface area contributed by atoms with E-state index in [2.05, 4.69) is 5.32 Å². The molecule has 0 aliphatic carbocycles. The summed E-state index contributed by atoms with van der Waals surface area (Å²) in [5, 5.41) is 3.56. The third kappa shape index (κ3) is 9.70. The van der Waals surface area contributed by atoms with Crippen molar-refractivity contribution in [2.45, 2.75) is 57.1 Å². The Labute approximate surface area is 300 Å². The van der Waals surface area contributed by atoms with Gasteiger partial charge in [-0.15, -0.1) is 0 Å². The van der Waals surface area contributed by atoms with Crippen molar-refractivity contribution >= 4 is 39.1 Å². The van der Waals surface area contributed by atoms with Crippen LogP contribution in [0.3, 0.4) is 0 Å². The van der Waals surface area contributed by atoms with E-state index in [0.717, 1.165) is 9.87 Å². The molecule has 266 valence electrons. The number of rotatable bonds is 17. The molecule has 0 aliphatic heterocycles. The summed E-state index contributed by atoms with van der Waals surface area (Å²) < 4.78 is 46.3. The molecule has 50 heavy (non-hydrogen) atoms. The van der Waals surface area contributed by atoms with E-state index in [-0.39, 0.29) is 41.2 Å². The first-order valence-corrected chi connectivity index (χ1v) is 18.2. The Hall–Kier alpha value is -4.74. The monoisotopic (exact) mass is 721 g/mol. The van der Waals surface area contributed by atoms with Crippen LogP contribution < -0.4 is 23.8 Å². The number of carbonyl (C=O) groups is 2. The number of methoxy groups -OCH3 is 2. The molecule has 0 heterocycles. The lowest BCUT2D eigenvalue weighted by molar-refractivity contribution is -0.140. The Morgan fingerprint density at radius 1 is 0.840 bits per heavy atom. The lowest BCUT2D eigenvalue weighted by Gasteiger charge is -2.34. The van der Waals surface area contributed by atoms with E-state index in [9.17, 15) is 18.0 Å². The molecular formula is C38H44ClN3O7S. The number of amides is 2. The van der Waals surface area contributed by atoms with Crippen molar-refractivity contribution in [3.05, 3.63) is 113 Å². The fourth-order valence-electron chi connectivity index (χ4n) is 5.29. The maximum Gasteiger partial charge on any atom is 0.264 e. The minimum atomic E-state index is -4.38. The molecule has 0 radical (unpaired) electrons. The number of benzene rings is 4. The smallest absolute Gasteiger partial charge is 0.264 e. The molecule has 0 aliphatic rings. The summed E-state index contributed by atoms with van der Waals surface area (Å²) in [4.78, 5) is 30.0. The van der Waals surface area contributed by atoms with Gasteiger partial charge < -0.3 is 24.4 Å². The summed E-state index contributed by atoms with van der Waals surface area (Å²) in [6.07, 6.45) is 0.887. The topological polar surface area (TPSA) is 114 Å². The van der Waals surface area contributed by atoms with Gasteiger partial charge in [0, 0.05) is 30.1 Å². The van der Waals surface area contributed by atoms with Crippen molar-refractivity contribution in [2.24, 2.45) is 0 Å². The lowest BCUT2D eigenvalue weighted by Crippen LogP contribution is -2.54. The number of hydrogen-bond donors (Lipinski definition) is 1. The van der Waals surface area contributed by atoms with Crippen LogP contribution >= 0.6 is 11.6 Å². The van der Waals surface area contributed by atoms with E-state index < -0.39 is 28.5 Å². The maximum atomic E-state index is 14.7. The zero-order valence-electron chi connectivity index (χ0n) is 29.0. The first kappa shape index (κ1) is 38.1. The normalized spacial score (nSPS) is 12.4. The van der Waals surface area contributed by atoms with Gasteiger partial charge >= 0.3 is 0 Å². The van der Waals surface area contributed by atoms with Gasteiger partial charge in [0.05, 0.1) is 31.4 Å². The highest BCUT2D eigenvalue weighted by Gasteiger charge is 2.35. The first-order valence-electron chi connectivity index (χ1n) is 16.4. The molecule has 1 N–H and O–H groups in total. The number of sulfonamides is 1. The van der Waals surface area contributed by atoms with Crippen molar-refractivity contribution in [1.29, 1.82) is 0 Å². The van der Waals surface area contributed by atoms with Crippen LogP contribution in [-0.4, -0.2) is 64.6 Å². The number of nitrogens with zero attached hydrogens (tertiary/aromatic N) is 2. The average Bonchev–Trinajstić information content (AvgIpc) is 3.13. The predicted octanol–water partition coefficient (Wildman–Crippen LogP) is 6.51. The number of anilines is 1. The lowest BCUT2D eigenvalue weighted by atomic mass is 10.0. The molecule has 4 aromatic carbocycles. The zero-order valence-corrected chi connectivity index (χ0v) is 30.5. The van der Waals surface area contributed by atoms with E-state index in [4.69, 9.17) is 25.8 Å². The summed E-state index contributed by atoms with van der Waals surface area (Å²) >= 11 is 6.18. The van der Waals surface area contributed by atoms with Gasteiger partial charge in [-0.2, -0.15) is 0 Å². The van der Waals surface area contributed by atoms with E-state index in [1.54, 1.807) is 48.5 Å². The zero-order chi connectivity index (χ0) is 36.3. The third-order valence-electron chi connectivity index (χ3n) is 8.20. The molecule has 10 nitrogen and oxygen atoms in total. The van der Waals surface area contributed by atoms with Gasteiger partial charge in [-0.25, -0.2) is 8.42 Å². The van der Waals surface area contributed by atoms with Gasteiger partial charge in [0.2, 0.25) is 11.8 Å². The van der Waals surface area contributed by atoms with Crippen molar-refractivity contribution in [2.75, 3.05) is 31.7 Å². The second-order valence-corrected chi connectivity index (χ2v) is 13.9. The average molecular weight is 722 g/mol. The third-order valence-corrected chi connectivity index (χ3v) is 10.2. The van der Waals surface area contributed by atoms with Gasteiger partial charge in [-0.05, 0) is 79.9 Å². The highest BCUT2D eigenvalue weighted by atomic mass is 35.5. The van der Waals surface area contributed by atoms with Gasteiger partial charge in [-0.3, -0.25) is 13.9 Å². The Balaban J connectivity index is 1.83. The van der Waals surface area contributed by atoms with E-state index >= 15 is 0 Å². The van der Waals surface area contributed by atoms with Crippen molar-refractivity contribution < 1.29 is 32.2 Å². The van der Waals surface area contributed by atoms with Gasteiger partial charge in [0.25, 0.3) is 10.0 Å². The molecule has 0 saturated heterocycles. The molecule has 2 atom stereocenters. The van der Waals surface area contributed by atoms with Crippen LogP contribution in [0.5, 0.6) is 17.2 Å². The molecule has 2 unspecified atom stereocenters. The SMILES string of the molecule is CCOc1ccc(N(CC(=O)N(Cc2ccc(Cl)cc2)C(Cc2ccccc2)C(=O)NC(C)CC)S(=O)(=O)c2ccc(OC)c(OC)c2)cc1. The molecule has 0 spiro atoms. The van der Waals surface area contributed by atoms with Crippen LogP contribution in [-0.2, 0) is 32.6 Å². The first-order chi connectivity index (χ1) is 24.0. The van der Waals surface area contributed by atoms with E-state index in [0.29, 0.717) is 35.1 Å². The van der Waals surface area contributed by atoms with Crippen LogP contribution in [0.15, 0.2) is 102 Å². The van der Waals surface area contributed by atoms with Gasteiger partial charge in [-0.1, -0.05) is 61.0 Å². The summed E-state index contributed by atoms with van der Waals surface area (Å²) in [6.45, 7) is 5.54. The molecule has 4 aromatic rings. The Morgan fingerprint density at radius 2 is 1.50 bits per heavy atom. The molecule has 12 heteroatoms. The highest BCUT2D eigenvalue weighted by Crippen LogP contribution is 2.33. The second kappa shape index (κ2) is 17.8. The maximum absolute atomic E-state index is 14.7. The molecule has 0 aromatic heterocycles. The van der Waals surface area contributed by atoms with E-state index in [1.165, 1.54) is 37.3 Å². The van der Waals surface area contributed by atoms with Crippen molar-refractivity contribution in [1.82, 2.24) is 10.2 Å². The van der Waals surface area contributed by atoms with Crippen LogP contribution in [0.2, 0.25) is 5.02 Å². The predicted molar refractivity (Wildman–Crippen MR) is 196 cm³/mol. The number of ether oxygens (including phenoxy) is 3. The minimum absolute atomic E-state index is 0.0228. The Morgan fingerprint density at radius 3 is 2.10 bits per heavy atom. The number of halogens is 1. The standard InChI is InChI=1S/C38H44ClN3O7S/c1-6-27(3)40-38(44)34(23-28-11-9-8-10-12-28)41(25-29-13-15-30(39)16-14-29)37(43)26-42(31-17-19-32(20-18-31)49-7-2)50(45,46)33-21-22-35(47-4)36(24-33)48-5/h8-22,24,27,34H,6-7,23,25-26H2,1-5H3,(H,40,44).